The molecule has 5 nitrogen and oxygen atoms in total. The van der Waals surface area contributed by atoms with E-state index in [9.17, 15) is 4.79 Å². The van der Waals surface area contributed by atoms with Crippen LogP contribution in [-0.2, 0) is 5.54 Å². The molecule has 0 N–H and O–H groups in total. The minimum absolute atomic E-state index is 0.0287. The van der Waals surface area contributed by atoms with Gasteiger partial charge in [-0.25, -0.2) is 15.0 Å². The predicted molar refractivity (Wildman–Crippen MR) is 81.2 cm³/mol. The normalized spacial score (nSPS) is 21.8. The molecule has 2 aromatic heterocycles. The molecule has 0 spiro atoms. The molecule has 1 atom stereocenters. The van der Waals surface area contributed by atoms with Crippen LogP contribution < -0.4 is 0 Å². The van der Waals surface area contributed by atoms with Gasteiger partial charge in [0.2, 0.25) is 0 Å². The summed E-state index contributed by atoms with van der Waals surface area (Å²) in [6, 6.07) is 1.95. The largest absolute Gasteiger partial charge is 0.325 e. The minimum Gasteiger partial charge on any atom is -0.325 e. The third-order valence-electron chi connectivity index (χ3n) is 4.00. The van der Waals surface area contributed by atoms with Crippen LogP contribution in [0.1, 0.15) is 47.5 Å². The summed E-state index contributed by atoms with van der Waals surface area (Å²) in [7, 11) is 0. The van der Waals surface area contributed by atoms with Crippen molar-refractivity contribution >= 4 is 17.2 Å². The molecule has 2 aromatic rings. The number of amides is 1. The number of aryl methyl sites for hydroxylation is 2. The standard InChI is InChI=1S/C15H18N4OS/c1-10-7-11(2)18-14(17-10)15(3)5-4-6-19(15)13(20)12-8-21-9-16-12/h7-9H,4-6H2,1-3H3/t15-/m1/s1. The molecule has 3 rings (SSSR count). The lowest BCUT2D eigenvalue weighted by atomic mass is 9.97. The number of rotatable bonds is 2. The van der Waals surface area contributed by atoms with Crippen molar-refractivity contribution in [1.82, 2.24) is 19.9 Å². The Bertz CT molecular complexity index is 650. The van der Waals surface area contributed by atoms with E-state index in [4.69, 9.17) is 0 Å². The SMILES string of the molecule is Cc1cc(C)nc([C@@]2(C)CCCN2C(=O)c2cscn2)n1. The Hall–Kier alpha value is -1.82. The van der Waals surface area contributed by atoms with Crippen LogP contribution >= 0.6 is 11.3 Å². The number of hydrogen-bond donors (Lipinski definition) is 0. The van der Waals surface area contributed by atoms with Crippen molar-refractivity contribution in [2.45, 2.75) is 39.2 Å². The van der Waals surface area contributed by atoms with Gasteiger partial charge in [0.25, 0.3) is 5.91 Å². The zero-order valence-electron chi connectivity index (χ0n) is 12.5. The van der Waals surface area contributed by atoms with Gasteiger partial charge in [-0.3, -0.25) is 4.79 Å². The first-order chi connectivity index (χ1) is 10.0. The van der Waals surface area contributed by atoms with Gasteiger partial charge in [0, 0.05) is 23.3 Å². The molecule has 1 fully saturated rings. The molecule has 21 heavy (non-hydrogen) atoms. The molecular weight excluding hydrogens is 284 g/mol. The van der Waals surface area contributed by atoms with E-state index < -0.39 is 5.54 Å². The summed E-state index contributed by atoms with van der Waals surface area (Å²) in [6.07, 6.45) is 1.84. The highest BCUT2D eigenvalue weighted by molar-refractivity contribution is 7.07. The van der Waals surface area contributed by atoms with Gasteiger partial charge in [0.15, 0.2) is 5.82 Å². The van der Waals surface area contributed by atoms with Crippen molar-refractivity contribution in [3.8, 4) is 0 Å². The van der Waals surface area contributed by atoms with Gasteiger partial charge in [-0.15, -0.1) is 11.3 Å². The van der Waals surface area contributed by atoms with E-state index in [2.05, 4.69) is 21.9 Å². The number of carbonyl (C=O) groups excluding carboxylic acids is 1. The summed E-state index contributed by atoms with van der Waals surface area (Å²) in [5.74, 6) is 0.708. The highest BCUT2D eigenvalue weighted by Crippen LogP contribution is 2.37. The Morgan fingerprint density at radius 1 is 1.33 bits per heavy atom. The molecule has 0 unspecified atom stereocenters. The molecule has 0 bridgehead atoms. The van der Waals surface area contributed by atoms with E-state index in [-0.39, 0.29) is 5.91 Å². The molecule has 110 valence electrons. The maximum atomic E-state index is 12.7. The Morgan fingerprint density at radius 2 is 2.05 bits per heavy atom. The molecule has 0 aromatic carbocycles. The number of hydrogen-bond acceptors (Lipinski definition) is 5. The first kappa shape index (κ1) is 14.1. The van der Waals surface area contributed by atoms with Crippen LogP contribution in [-0.4, -0.2) is 32.3 Å². The van der Waals surface area contributed by atoms with Crippen LogP contribution in [0, 0.1) is 13.8 Å². The number of aromatic nitrogens is 3. The lowest BCUT2D eigenvalue weighted by molar-refractivity contribution is 0.0598. The lowest BCUT2D eigenvalue weighted by Gasteiger charge is -2.33. The molecule has 3 heterocycles. The maximum absolute atomic E-state index is 12.7. The summed E-state index contributed by atoms with van der Waals surface area (Å²) in [5.41, 5.74) is 3.63. The van der Waals surface area contributed by atoms with E-state index in [0.717, 1.165) is 36.6 Å². The molecule has 1 aliphatic rings. The summed E-state index contributed by atoms with van der Waals surface area (Å²) in [4.78, 5) is 27.9. The Morgan fingerprint density at radius 3 is 2.67 bits per heavy atom. The first-order valence-corrected chi connectivity index (χ1v) is 7.98. The van der Waals surface area contributed by atoms with E-state index >= 15 is 0 Å². The summed E-state index contributed by atoms with van der Waals surface area (Å²) in [6.45, 7) is 6.70. The molecule has 0 saturated carbocycles. The minimum atomic E-state index is -0.447. The number of nitrogens with zero attached hydrogens (tertiary/aromatic N) is 4. The second-order valence-electron chi connectivity index (χ2n) is 5.68. The summed E-state index contributed by atoms with van der Waals surface area (Å²) >= 11 is 1.44. The van der Waals surface area contributed by atoms with Crippen molar-refractivity contribution in [3.63, 3.8) is 0 Å². The molecule has 0 aliphatic carbocycles. The van der Waals surface area contributed by atoms with Gasteiger partial charge in [0.05, 0.1) is 5.51 Å². The van der Waals surface area contributed by atoms with Gasteiger partial charge in [-0.05, 0) is 39.7 Å². The van der Waals surface area contributed by atoms with Gasteiger partial charge in [-0.2, -0.15) is 0 Å². The van der Waals surface area contributed by atoms with Gasteiger partial charge in [0.1, 0.15) is 11.2 Å². The summed E-state index contributed by atoms with van der Waals surface area (Å²) in [5, 5.41) is 1.80. The quantitative estimate of drug-likeness (QED) is 0.856. The van der Waals surface area contributed by atoms with Gasteiger partial charge in [-0.1, -0.05) is 0 Å². The van der Waals surface area contributed by atoms with E-state index in [1.165, 1.54) is 11.3 Å². The smallest absolute Gasteiger partial charge is 0.274 e. The molecule has 0 radical (unpaired) electrons. The van der Waals surface area contributed by atoms with Crippen molar-refractivity contribution < 1.29 is 4.79 Å². The van der Waals surface area contributed by atoms with Crippen LogP contribution in [0.5, 0.6) is 0 Å². The number of likely N-dealkylation sites (tertiary alicyclic amines) is 1. The van der Waals surface area contributed by atoms with E-state index in [1.54, 1.807) is 10.9 Å². The van der Waals surface area contributed by atoms with Crippen molar-refractivity contribution in [3.05, 3.63) is 39.9 Å². The summed E-state index contributed by atoms with van der Waals surface area (Å²) < 4.78 is 0. The zero-order valence-corrected chi connectivity index (χ0v) is 13.3. The molecule has 1 amide bonds. The number of thiazole rings is 1. The Balaban J connectivity index is 2.00. The second kappa shape index (κ2) is 5.18. The van der Waals surface area contributed by atoms with Crippen molar-refractivity contribution in [1.29, 1.82) is 0 Å². The highest BCUT2D eigenvalue weighted by atomic mass is 32.1. The fourth-order valence-corrected chi connectivity index (χ4v) is 3.47. The van der Waals surface area contributed by atoms with Crippen molar-refractivity contribution in [2.24, 2.45) is 0 Å². The number of carbonyl (C=O) groups is 1. The zero-order chi connectivity index (χ0) is 15.0. The first-order valence-electron chi connectivity index (χ1n) is 7.03. The third kappa shape index (κ3) is 2.44. The van der Waals surface area contributed by atoms with Crippen LogP contribution in [0.25, 0.3) is 0 Å². The molecule has 1 saturated heterocycles. The maximum Gasteiger partial charge on any atom is 0.274 e. The topological polar surface area (TPSA) is 59.0 Å². The monoisotopic (exact) mass is 302 g/mol. The van der Waals surface area contributed by atoms with E-state index in [0.29, 0.717) is 5.69 Å². The van der Waals surface area contributed by atoms with Gasteiger partial charge >= 0.3 is 0 Å². The van der Waals surface area contributed by atoms with Crippen LogP contribution in [0.3, 0.4) is 0 Å². The van der Waals surface area contributed by atoms with Crippen LogP contribution in [0.4, 0.5) is 0 Å². The Labute approximate surface area is 128 Å². The molecule has 1 aliphatic heterocycles. The Kier molecular flexibility index (Phi) is 3.49. The second-order valence-corrected chi connectivity index (χ2v) is 6.40. The third-order valence-corrected chi connectivity index (χ3v) is 4.59. The van der Waals surface area contributed by atoms with Crippen LogP contribution in [0.2, 0.25) is 0 Å². The van der Waals surface area contributed by atoms with Gasteiger partial charge < -0.3 is 4.90 Å². The molecule has 6 heteroatoms. The fraction of sp³-hybridized carbons (Fsp3) is 0.467. The highest BCUT2D eigenvalue weighted by Gasteiger charge is 2.44. The van der Waals surface area contributed by atoms with E-state index in [1.807, 2.05) is 24.8 Å². The fourth-order valence-electron chi connectivity index (χ4n) is 2.94. The average molecular weight is 302 g/mol. The van der Waals surface area contributed by atoms with Crippen LogP contribution in [0.15, 0.2) is 17.0 Å². The predicted octanol–water partition coefficient (Wildman–Crippen LogP) is 2.70. The average Bonchev–Trinajstić information content (AvgIpc) is 3.06. The lowest BCUT2D eigenvalue weighted by Crippen LogP contribution is -2.44. The van der Waals surface area contributed by atoms with Crippen molar-refractivity contribution in [2.75, 3.05) is 6.54 Å². The molecular formula is C15H18N4OS.